The molecule has 0 unspecified atom stereocenters. The minimum atomic E-state index is -1.06. The van der Waals surface area contributed by atoms with Crippen molar-refractivity contribution in [1.82, 2.24) is 19.9 Å². The minimum absolute atomic E-state index is 0.159. The molecule has 5 nitrogen and oxygen atoms in total. The van der Waals surface area contributed by atoms with E-state index >= 15 is 0 Å². The molecule has 2 aromatic carbocycles. The molecule has 0 saturated carbocycles. The minimum Gasteiger partial charge on any atom is -0.366 e. The van der Waals surface area contributed by atoms with E-state index in [0.717, 1.165) is 16.5 Å². The Bertz CT molecular complexity index is 1160. The normalized spacial score (nSPS) is 20.1. The van der Waals surface area contributed by atoms with E-state index in [1.807, 2.05) is 35.4 Å². The SMILES string of the molecule is Fc1ccc2nc(CO[C@H]3CN(Cc4cnc5ccccc5c4)C[C@H]3F)[nH]c2c1. The smallest absolute Gasteiger partial charge is 0.140 e. The third-order valence-corrected chi connectivity index (χ3v) is 5.25. The first-order chi connectivity index (χ1) is 14.1. The van der Waals surface area contributed by atoms with Gasteiger partial charge in [-0.25, -0.2) is 13.8 Å². The molecule has 0 amide bonds. The van der Waals surface area contributed by atoms with Crippen molar-refractivity contribution in [2.24, 2.45) is 0 Å². The Kier molecular flexibility index (Phi) is 4.69. The number of pyridine rings is 1. The number of nitrogens with zero attached hydrogens (tertiary/aromatic N) is 3. The number of benzene rings is 2. The van der Waals surface area contributed by atoms with Crippen molar-refractivity contribution in [1.29, 1.82) is 0 Å². The molecule has 1 aliphatic heterocycles. The summed E-state index contributed by atoms with van der Waals surface area (Å²) in [5.41, 5.74) is 3.28. The van der Waals surface area contributed by atoms with Gasteiger partial charge in [0.1, 0.15) is 30.5 Å². The van der Waals surface area contributed by atoms with Crippen LogP contribution in [0.2, 0.25) is 0 Å². The highest BCUT2D eigenvalue weighted by Crippen LogP contribution is 2.22. The highest BCUT2D eigenvalue weighted by atomic mass is 19.1. The van der Waals surface area contributed by atoms with Crippen LogP contribution < -0.4 is 0 Å². The molecule has 4 aromatic rings. The van der Waals surface area contributed by atoms with Gasteiger partial charge in [-0.05, 0) is 35.9 Å². The van der Waals surface area contributed by atoms with Crippen molar-refractivity contribution >= 4 is 21.9 Å². The Balaban J connectivity index is 1.21. The van der Waals surface area contributed by atoms with Gasteiger partial charge in [0, 0.05) is 31.2 Å². The fourth-order valence-corrected chi connectivity index (χ4v) is 3.84. The summed E-state index contributed by atoms with van der Waals surface area (Å²) in [5.74, 6) is 0.238. The van der Waals surface area contributed by atoms with Gasteiger partial charge in [0.2, 0.25) is 0 Å². The van der Waals surface area contributed by atoms with Crippen LogP contribution in [0.1, 0.15) is 11.4 Å². The second-order valence-electron chi connectivity index (χ2n) is 7.44. The predicted molar refractivity (Wildman–Crippen MR) is 107 cm³/mol. The van der Waals surface area contributed by atoms with E-state index in [1.54, 1.807) is 6.07 Å². The zero-order chi connectivity index (χ0) is 19.8. The second kappa shape index (κ2) is 7.50. The molecule has 1 saturated heterocycles. The molecule has 0 spiro atoms. The van der Waals surface area contributed by atoms with Crippen LogP contribution in [0, 0.1) is 5.82 Å². The molecule has 0 bridgehead atoms. The molecular weight excluding hydrogens is 374 g/mol. The quantitative estimate of drug-likeness (QED) is 0.556. The monoisotopic (exact) mass is 394 g/mol. The van der Waals surface area contributed by atoms with Gasteiger partial charge >= 0.3 is 0 Å². The van der Waals surface area contributed by atoms with Crippen LogP contribution in [0.5, 0.6) is 0 Å². The molecule has 5 rings (SSSR count). The number of rotatable bonds is 5. The summed E-state index contributed by atoms with van der Waals surface area (Å²) in [5, 5.41) is 1.08. The number of hydrogen-bond donors (Lipinski definition) is 1. The van der Waals surface area contributed by atoms with Crippen LogP contribution in [-0.2, 0) is 17.9 Å². The summed E-state index contributed by atoms with van der Waals surface area (Å²) in [6.07, 6.45) is 0.260. The molecule has 0 radical (unpaired) electrons. The number of para-hydroxylation sites is 1. The zero-order valence-electron chi connectivity index (χ0n) is 15.7. The number of likely N-dealkylation sites (tertiary alicyclic amines) is 1. The first-order valence-electron chi connectivity index (χ1n) is 9.60. The molecule has 29 heavy (non-hydrogen) atoms. The predicted octanol–water partition coefficient (Wildman–Crippen LogP) is 3.99. The lowest BCUT2D eigenvalue weighted by atomic mass is 10.1. The lowest BCUT2D eigenvalue weighted by Crippen LogP contribution is -2.24. The Hall–Kier alpha value is -2.90. The van der Waals surface area contributed by atoms with E-state index in [1.165, 1.54) is 12.1 Å². The molecule has 1 fully saturated rings. The Morgan fingerprint density at radius 3 is 2.93 bits per heavy atom. The van der Waals surface area contributed by atoms with Gasteiger partial charge in [0.15, 0.2) is 0 Å². The second-order valence-corrected chi connectivity index (χ2v) is 7.44. The number of hydrogen-bond acceptors (Lipinski definition) is 4. The van der Waals surface area contributed by atoms with Gasteiger partial charge < -0.3 is 9.72 Å². The maximum absolute atomic E-state index is 14.5. The van der Waals surface area contributed by atoms with Gasteiger partial charge in [-0.15, -0.1) is 0 Å². The van der Waals surface area contributed by atoms with Gasteiger partial charge in [-0.1, -0.05) is 18.2 Å². The average Bonchev–Trinajstić information content (AvgIpc) is 3.28. The Labute approximate surface area is 166 Å². The largest absolute Gasteiger partial charge is 0.366 e. The summed E-state index contributed by atoms with van der Waals surface area (Å²) >= 11 is 0. The van der Waals surface area contributed by atoms with Crippen LogP contribution in [0.25, 0.3) is 21.9 Å². The molecular formula is C22H20F2N4O. The Morgan fingerprint density at radius 2 is 2.00 bits per heavy atom. The van der Waals surface area contributed by atoms with Crippen molar-refractivity contribution < 1.29 is 13.5 Å². The fourth-order valence-electron chi connectivity index (χ4n) is 3.84. The topological polar surface area (TPSA) is 54.0 Å². The highest BCUT2D eigenvalue weighted by Gasteiger charge is 2.33. The summed E-state index contributed by atoms with van der Waals surface area (Å²) in [6, 6.07) is 14.4. The summed E-state index contributed by atoms with van der Waals surface area (Å²) in [4.78, 5) is 13.9. The number of ether oxygens (including phenoxy) is 1. The van der Waals surface area contributed by atoms with Crippen molar-refractivity contribution in [3.05, 3.63) is 71.9 Å². The van der Waals surface area contributed by atoms with E-state index in [-0.39, 0.29) is 12.4 Å². The molecule has 148 valence electrons. The van der Waals surface area contributed by atoms with Crippen LogP contribution in [-0.4, -0.2) is 45.2 Å². The van der Waals surface area contributed by atoms with E-state index in [9.17, 15) is 8.78 Å². The molecule has 7 heteroatoms. The number of fused-ring (bicyclic) bond motifs is 2. The standard InChI is InChI=1S/C22H20F2N4O/c23-16-5-6-19-20(8-16)27-22(26-19)13-29-21-12-28(11-17(21)24)10-14-7-15-3-1-2-4-18(15)25-9-14/h1-9,17,21H,10-13H2,(H,26,27)/t17-,21+/m1/s1. The molecule has 2 aromatic heterocycles. The van der Waals surface area contributed by atoms with Crippen LogP contribution in [0.4, 0.5) is 8.78 Å². The molecule has 0 aliphatic carbocycles. The number of nitrogens with one attached hydrogen (secondary N) is 1. The van der Waals surface area contributed by atoms with E-state index < -0.39 is 12.3 Å². The van der Waals surface area contributed by atoms with Gasteiger partial charge in [-0.2, -0.15) is 0 Å². The van der Waals surface area contributed by atoms with Crippen molar-refractivity contribution in [3.8, 4) is 0 Å². The highest BCUT2D eigenvalue weighted by molar-refractivity contribution is 5.78. The lowest BCUT2D eigenvalue weighted by molar-refractivity contribution is 0.00863. The number of imidazole rings is 1. The van der Waals surface area contributed by atoms with Gasteiger partial charge in [-0.3, -0.25) is 9.88 Å². The van der Waals surface area contributed by atoms with Crippen LogP contribution >= 0.6 is 0 Å². The maximum atomic E-state index is 14.5. The number of aromatic nitrogens is 3. The first kappa shape index (κ1) is 18.1. The van der Waals surface area contributed by atoms with Crippen molar-refractivity contribution in [3.63, 3.8) is 0 Å². The van der Waals surface area contributed by atoms with E-state index in [4.69, 9.17) is 4.74 Å². The van der Waals surface area contributed by atoms with Gasteiger partial charge in [0.25, 0.3) is 0 Å². The zero-order valence-corrected chi connectivity index (χ0v) is 15.7. The fraction of sp³-hybridized carbons (Fsp3) is 0.273. The maximum Gasteiger partial charge on any atom is 0.140 e. The summed E-state index contributed by atoms with van der Waals surface area (Å²) in [6.45, 7) is 1.61. The molecule has 1 aliphatic rings. The van der Waals surface area contributed by atoms with Crippen LogP contribution in [0.15, 0.2) is 54.7 Å². The van der Waals surface area contributed by atoms with Crippen molar-refractivity contribution in [2.45, 2.75) is 25.4 Å². The number of alkyl halides is 1. The average molecular weight is 394 g/mol. The third kappa shape index (κ3) is 3.83. The number of halogens is 2. The van der Waals surface area contributed by atoms with E-state index in [0.29, 0.717) is 36.5 Å². The molecule has 2 atom stereocenters. The summed E-state index contributed by atoms with van der Waals surface area (Å²) < 4.78 is 33.6. The van der Waals surface area contributed by atoms with Crippen molar-refractivity contribution in [2.75, 3.05) is 13.1 Å². The lowest BCUT2D eigenvalue weighted by Gasteiger charge is -2.15. The number of aromatic amines is 1. The number of H-pyrrole nitrogens is 1. The molecule has 3 heterocycles. The molecule has 1 N–H and O–H groups in total. The Morgan fingerprint density at radius 1 is 1.10 bits per heavy atom. The summed E-state index contributed by atoms with van der Waals surface area (Å²) in [7, 11) is 0. The van der Waals surface area contributed by atoms with Gasteiger partial charge in [0.05, 0.1) is 16.6 Å². The van der Waals surface area contributed by atoms with Crippen LogP contribution in [0.3, 0.4) is 0 Å². The third-order valence-electron chi connectivity index (χ3n) is 5.25. The first-order valence-corrected chi connectivity index (χ1v) is 9.60. The van der Waals surface area contributed by atoms with E-state index in [2.05, 4.69) is 21.0 Å².